The zero-order chi connectivity index (χ0) is 31.8. The molecule has 3 aliphatic carbocycles. The van der Waals surface area contributed by atoms with Crippen molar-refractivity contribution in [3.63, 3.8) is 0 Å². The molecular formula is C31H42O12. The second-order valence-corrected chi connectivity index (χ2v) is 13.3. The van der Waals surface area contributed by atoms with E-state index in [4.69, 9.17) is 28.4 Å². The first-order valence-electron chi connectivity index (χ1n) is 15.0. The maximum atomic E-state index is 13.7. The molecule has 7 unspecified atom stereocenters. The maximum absolute atomic E-state index is 13.7. The van der Waals surface area contributed by atoms with Crippen LogP contribution < -0.4 is 0 Å². The molecule has 0 aromatic rings. The number of carbonyl (C=O) groups is 5. The van der Waals surface area contributed by atoms with Crippen molar-refractivity contribution in [3.05, 3.63) is 11.6 Å². The summed E-state index contributed by atoms with van der Waals surface area (Å²) in [6.07, 6.45) is -4.37. The Hall–Kier alpha value is -2.99. The van der Waals surface area contributed by atoms with Crippen LogP contribution in [-0.4, -0.2) is 83.8 Å². The van der Waals surface area contributed by atoms with Gasteiger partial charge in [0.25, 0.3) is 0 Å². The van der Waals surface area contributed by atoms with E-state index in [0.717, 1.165) is 5.57 Å². The predicted molar refractivity (Wildman–Crippen MR) is 146 cm³/mol. The fraction of sp³-hybridized carbons (Fsp3) is 0.774. The van der Waals surface area contributed by atoms with E-state index in [1.54, 1.807) is 19.9 Å². The number of aliphatic hydroxyl groups excluding tert-OH is 1. The Morgan fingerprint density at radius 2 is 1.60 bits per heavy atom. The standard InChI is InChI=1S/C31H42O12/c1-9-13(2)27(36)43-22-24-30(8)26(41-17(6)34)21(35)23-29(7)18(11-20(42-28(22)37)31(23,24)12-38-30)14(3)10-19(39-15(4)32)25(29)40-16(5)33/h10,13,18-26,35H,9,11-12H2,1-8H3/t13?,18?,19-,20?,21?,22?,23?,24?,25+,26+,29-,30-,31+/m0/s1. The van der Waals surface area contributed by atoms with E-state index in [1.807, 2.05) is 20.8 Å². The molecule has 43 heavy (non-hydrogen) atoms. The number of hydrogen-bond donors (Lipinski definition) is 1. The molecule has 0 radical (unpaired) electrons. The number of fused-ring (bicyclic) bond motifs is 2. The minimum absolute atomic E-state index is 0.0148. The summed E-state index contributed by atoms with van der Waals surface area (Å²) in [5.41, 5.74) is -2.91. The van der Waals surface area contributed by atoms with Crippen LogP contribution in [0.15, 0.2) is 11.6 Å². The number of hydrogen-bond acceptors (Lipinski definition) is 12. The smallest absolute Gasteiger partial charge is 0.348 e. The summed E-state index contributed by atoms with van der Waals surface area (Å²) in [4.78, 5) is 64.0. The van der Waals surface area contributed by atoms with Gasteiger partial charge in [0.1, 0.15) is 17.8 Å². The molecule has 0 aromatic heterocycles. The van der Waals surface area contributed by atoms with E-state index >= 15 is 0 Å². The minimum atomic E-state index is -1.44. The highest BCUT2D eigenvalue weighted by molar-refractivity contribution is 5.82. The fourth-order valence-electron chi connectivity index (χ4n) is 9.21. The minimum Gasteiger partial charge on any atom is -0.459 e. The van der Waals surface area contributed by atoms with Gasteiger partial charge in [-0.05, 0) is 38.7 Å². The van der Waals surface area contributed by atoms with Crippen LogP contribution in [0.1, 0.15) is 68.2 Å². The van der Waals surface area contributed by atoms with Crippen LogP contribution >= 0.6 is 0 Å². The molecular weight excluding hydrogens is 564 g/mol. The summed E-state index contributed by atoms with van der Waals surface area (Å²) in [5, 5.41) is 12.3. The third kappa shape index (κ3) is 4.42. The summed E-state index contributed by atoms with van der Waals surface area (Å²) < 4.78 is 35.8. The highest BCUT2D eigenvalue weighted by atomic mass is 16.6. The van der Waals surface area contributed by atoms with Crippen LogP contribution in [0.25, 0.3) is 0 Å². The van der Waals surface area contributed by atoms with E-state index in [9.17, 15) is 29.1 Å². The van der Waals surface area contributed by atoms with Crippen molar-refractivity contribution >= 4 is 29.8 Å². The lowest BCUT2D eigenvalue weighted by Crippen LogP contribution is -2.79. The SMILES string of the molecule is CCC(C)C(=O)OC1C(=O)OC2CC3C(C)=C[C@H](OC(C)=O)[C@@H](OC(C)=O)[C@]3(C)C3C(O)[C@@H](OC(C)=O)[C@@]4(C)OC[C@@]23C14. The van der Waals surface area contributed by atoms with E-state index in [-0.39, 0.29) is 6.61 Å². The molecule has 2 saturated heterocycles. The molecule has 0 amide bonds. The molecule has 1 spiro atoms. The predicted octanol–water partition coefficient (Wildman–Crippen LogP) is 2.03. The van der Waals surface area contributed by atoms with Gasteiger partial charge in [-0.3, -0.25) is 19.2 Å². The molecule has 2 aliphatic heterocycles. The largest absolute Gasteiger partial charge is 0.459 e. The van der Waals surface area contributed by atoms with Gasteiger partial charge in [0.05, 0.1) is 24.5 Å². The number of allylic oxidation sites excluding steroid dienone is 1. The van der Waals surface area contributed by atoms with Crippen molar-refractivity contribution in [1.82, 2.24) is 0 Å². The van der Waals surface area contributed by atoms with Crippen LogP contribution in [-0.2, 0) is 52.4 Å². The van der Waals surface area contributed by atoms with Crippen molar-refractivity contribution in [3.8, 4) is 0 Å². The van der Waals surface area contributed by atoms with Gasteiger partial charge in [-0.2, -0.15) is 0 Å². The van der Waals surface area contributed by atoms with Gasteiger partial charge in [0.2, 0.25) is 6.10 Å². The molecule has 2 bridgehead atoms. The van der Waals surface area contributed by atoms with Crippen LogP contribution in [0.4, 0.5) is 0 Å². The Morgan fingerprint density at radius 1 is 1.00 bits per heavy atom. The monoisotopic (exact) mass is 606 g/mol. The third-order valence-electron chi connectivity index (χ3n) is 10.9. The first-order chi connectivity index (χ1) is 20.0. The number of ether oxygens (including phenoxy) is 6. The molecule has 0 aromatic carbocycles. The molecule has 1 N–H and O–H groups in total. The van der Waals surface area contributed by atoms with Gasteiger partial charge in [-0.25, -0.2) is 4.79 Å². The first-order valence-corrected chi connectivity index (χ1v) is 15.0. The Bertz CT molecular complexity index is 1260. The maximum Gasteiger partial charge on any atom is 0.348 e. The molecule has 12 nitrogen and oxygen atoms in total. The quantitative estimate of drug-likeness (QED) is 0.267. The molecule has 13 atom stereocenters. The van der Waals surface area contributed by atoms with Gasteiger partial charge in [0.15, 0.2) is 12.2 Å². The Morgan fingerprint density at radius 3 is 2.19 bits per heavy atom. The van der Waals surface area contributed by atoms with Crippen molar-refractivity contribution in [2.75, 3.05) is 6.61 Å². The van der Waals surface area contributed by atoms with Gasteiger partial charge in [-0.15, -0.1) is 0 Å². The lowest BCUT2D eigenvalue weighted by atomic mass is 9.38. The first kappa shape index (κ1) is 31.4. The Kier molecular flexibility index (Phi) is 7.73. The molecule has 238 valence electrons. The summed E-state index contributed by atoms with van der Waals surface area (Å²) in [7, 11) is 0. The average molecular weight is 607 g/mol. The molecule has 2 saturated carbocycles. The van der Waals surface area contributed by atoms with E-state index in [1.165, 1.54) is 20.8 Å². The number of carbonyl (C=O) groups excluding carboxylic acids is 5. The normalized spacial score (nSPS) is 44.9. The second kappa shape index (κ2) is 10.6. The van der Waals surface area contributed by atoms with E-state index in [2.05, 4.69) is 0 Å². The number of rotatable bonds is 6. The summed E-state index contributed by atoms with van der Waals surface area (Å²) in [6.45, 7) is 12.6. The van der Waals surface area contributed by atoms with Gasteiger partial charge in [0, 0.05) is 37.5 Å². The lowest BCUT2D eigenvalue weighted by Gasteiger charge is -2.69. The Balaban J connectivity index is 1.75. The van der Waals surface area contributed by atoms with Crippen LogP contribution in [0, 0.1) is 34.5 Å². The molecule has 5 aliphatic rings. The number of aliphatic hydroxyl groups is 1. The van der Waals surface area contributed by atoms with Crippen LogP contribution in [0.5, 0.6) is 0 Å². The molecule has 4 fully saturated rings. The fourth-order valence-corrected chi connectivity index (χ4v) is 9.21. The summed E-state index contributed by atoms with van der Waals surface area (Å²) in [5.74, 6) is -5.87. The van der Waals surface area contributed by atoms with Gasteiger partial charge < -0.3 is 33.5 Å². The van der Waals surface area contributed by atoms with Crippen molar-refractivity contribution in [2.24, 2.45) is 34.5 Å². The Labute approximate surface area is 250 Å². The summed E-state index contributed by atoms with van der Waals surface area (Å²) >= 11 is 0. The zero-order valence-electron chi connectivity index (χ0n) is 25.9. The second-order valence-electron chi connectivity index (χ2n) is 13.3. The van der Waals surface area contributed by atoms with E-state index < -0.39 is 107 Å². The van der Waals surface area contributed by atoms with Gasteiger partial charge >= 0.3 is 29.8 Å². The van der Waals surface area contributed by atoms with Crippen LogP contribution in [0.2, 0.25) is 0 Å². The summed E-state index contributed by atoms with van der Waals surface area (Å²) in [6, 6.07) is 0. The highest BCUT2D eigenvalue weighted by Gasteiger charge is 2.83. The van der Waals surface area contributed by atoms with E-state index in [0.29, 0.717) is 12.8 Å². The van der Waals surface area contributed by atoms with Gasteiger partial charge in [-0.1, -0.05) is 26.3 Å². The third-order valence-corrected chi connectivity index (χ3v) is 10.9. The van der Waals surface area contributed by atoms with Crippen LogP contribution in [0.3, 0.4) is 0 Å². The highest BCUT2D eigenvalue weighted by Crippen LogP contribution is 2.73. The lowest BCUT2D eigenvalue weighted by molar-refractivity contribution is -0.306. The average Bonchev–Trinajstić information content (AvgIpc) is 3.17. The topological polar surface area (TPSA) is 161 Å². The van der Waals surface area contributed by atoms with Crippen molar-refractivity contribution in [2.45, 2.75) is 110 Å². The van der Waals surface area contributed by atoms with Crippen molar-refractivity contribution in [1.29, 1.82) is 0 Å². The molecule has 12 heteroatoms. The molecule has 2 heterocycles. The number of esters is 5. The molecule has 5 rings (SSSR count). The zero-order valence-corrected chi connectivity index (χ0v) is 25.9. The van der Waals surface area contributed by atoms with Crippen molar-refractivity contribution < 1.29 is 57.5 Å².